The Morgan fingerprint density at radius 1 is 0.660 bits per heavy atom. The fourth-order valence-electron chi connectivity index (χ4n) is 6.79. The van der Waals surface area contributed by atoms with Gasteiger partial charge in [0.05, 0.1) is 0 Å². The number of benzene rings is 2. The molecule has 0 spiro atoms. The van der Waals surface area contributed by atoms with Crippen LogP contribution in [0.3, 0.4) is 0 Å². The molecule has 0 saturated heterocycles. The number of carbonyl (C=O) groups excluding carboxylic acids is 1. The summed E-state index contributed by atoms with van der Waals surface area (Å²) < 4.78 is 64.6. The van der Waals surface area contributed by atoms with Crippen molar-refractivity contribution in [2.24, 2.45) is 5.92 Å². The molecule has 7 heteroatoms. The van der Waals surface area contributed by atoms with Crippen molar-refractivity contribution in [1.82, 2.24) is 0 Å². The zero-order chi connectivity index (χ0) is 34.5. The third kappa shape index (κ3) is 15.2. The van der Waals surface area contributed by atoms with Gasteiger partial charge in [0.1, 0.15) is 0 Å². The Hall–Kier alpha value is -1.57. The predicted molar refractivity (Wildman–Crippen MR) is 191 cm³/mol. The summed E-state index contributed by atoms with van der Waals surface area (Å²) in [7, 11) is 0. The van der Waals surface area contributed by atoms with E-state index in [1.54, 1.807) is 3.58 Å². The summed E-state index contributed by atoms with van der Waals surface area (Å²) in [6, 6.07) is 10.4. The third-order valence-corrected chi connectivity index (χ3v) is 25.5. The van der Waals surface area contributed by atoms with Crippen LogP contribution in [0, 0.1) is 29.2 Å². The van der Waals surface area contributed by atoms with Gasteiger partial charge >= 0.3 is 182 Å². The maximum atomic E-state index is 13.7. The van der Waals surface area contributed by atoms with Crippen LogP contribution in [-0.2, 0) is 11.2 Å². The van der Waals surface area contributed by atoms with Gasteiger partial charge in [-0.15, -0.1) is 0 Å². The molecule has 0 aromatic heterocycles. The molecular weight excluding hydrogens is 707 g/mol. The van der Waals surface area contributed by atoms with Crippen molar-refractivity contribution in [2.45, 2.75) is 163 Å². The minimum atomic E-state index is -2.32. The molecule has 0 aliphatic carbocycles. The molecule has 0 fully saturated rings. The number of aryl methyl sites for hydroxylation is 1. The first-order chi connectivity index (χ1) is 22.7. The molecule has 0 aliphatic heterocycles. The average Bonchev–Trinajstić information content (AvgIpc) is 3.06. The Balaban J connectivity index is 1.55. The molecule has 0 bridgehead atoms. The molecule has 1 atom stereocenters. The third-order valence-electron chi connectivity index (χ3n) is 9.81. The summed E-state index contributed by atoms with van der Waals surface area (Å²) >= 11 is -2.32. The van der Waals surface area contributed by atoms with Gasteiger partial charge in [-0.1, -0.05) is 32.6 Å². The molecule has 1 unspecified atom stereocenters. The van der Waals surface area contributed by atoms with Gasteiger partial charge in [0.2, 0.25) is 11.6 Å². The van der Waals surface area contributed by atoms with Gasteiger partial charge in [-0.3, -0.25) is 4.79 Å². The van der Waals surface area contributed by atoms with Crippen molar-refractivity contribution >= 4 is 27.9 Å². The van der Waals surface area contributed by atoms with Crippen molar-refractivity contribution in [1.29, 1.82) is 0 Å². The molecule has 2 rings (SSSR count). The number of ether oxygens (including phenoxy) is 1. The summed E-state index contributed by atoms with van der Waals surface area (Å²) in [6.07, 6.45) is 22.3. The van der Waals surface area contributed by atoms with Gasteiger partial charge in [0.25, 0.3) is 0 Å². The summed E-state index contributed by atoms with van der Waals surface area (Å²) in [5.41, 5.74) is 1.51. The molecule has 2 aromatic carbocycles. The van der Waals surface area contributed by atoms with Crippen LogP contribution in [0.4, 0.5) is 17.6 Å². The number of rotatable bonds is 26. The van der Waals surface area contributed by atoms with Crippen LogP contribution in [0.15, 0.2) is 30.3 Å². The molecule has 2 aromatic rings. The summed E-state index contributed by atoms with van der Waals surface area (Å²) in [6.45, 7) is 8.94. The molecule has 2 nitrogen and oxygen atoms in total. The van der Waals surface area contributed by atoms with Crippen LogP contribution in [-0.4, -0.2) is 24.3 Å². The monoisotopic (exact) mass is 770 g/mol. The molecular formula is C40H62F4O2Sn. The Morgan fingerprint density at radius 2 is 1.15 bits per heavy atom. The Labute approximate surface area is 287 Å². The fourth-order valence-corrected chi connectivity index (χ4v) is 22.7. The van der Waals surface area contributed by atoms with Gasteiger partial charge < -0.3 is 4.74 Å². The van der Waals surface area contributed by atoms with E-state index in [2.05, 4.69) is 45.0 Å². The maximum absolute atomic E-state index is 13.7. The topological polar surface area (TPSA) is 26.3 Å². The second kappa shape index (κ2) is 23.7. The molecule has 0 radical (unpaired) electrons. The molecule has 47 heavy (non-hydrogen) atoms. The van der Waals surface area contributed by atoms with E-state index in [9.17, 15) is 22.4 Å². The zero-order valence-corrected chi connectivity index (χ0v) is 32.7. The van der Waals surface area contributed by atoms with E-state index in [1.807, 2.05) is 6.92 Å². The second-order valence-electron chi connectivity index (χ2n) is 13.9. The minimum absolute atomic E-state index is 0.00243. The normalized spacial score (nSPS) is 12.4. The number of halogens is 4. The van der Waals surface area contributed by atoms with Crippen LogP contribution in [0.25, 0.3) is 0 Å². The summed E-state index contributed by atoms with van der Waals surface area (Å²) in [5, 5.41) is 0. The van der Waals surface area contributed by atoms with E-state index in [1.165, 1.54) is 109 Å². The first kappa shape index (κ1) is 41.6. The van der Waals surface area contributed by atoms with Crippen molar-refractivity contribution in [2.75, 3.05) is 0 Å². The van der Waals surface area contributed by atoms with Crippen molar-refractivity contribution in [3.05, 3.63) is 59.2 Å². The molecule has 0 N–H and O–H groups in total. The first-order valence-electron chi connectivity index (χ1n) is 18.8. The number of hydrogen-bond donors (Lipinski definition) is 0. The molecule has 0 aliphatic rings. The van der Waals surface area contributed by atoms with Crippen LogP contribution >= 0.6 is 0 Å². The fraction of sp³-hybridized carbons (Fsp3) is 0.675. The Kier molecular flexibility index (Phi) is 21.0. The van der Waals surface area contributed by atoms with E-state index in [-0.39, 0.29) is 12.3 Å². The SMILES string of the molecule is CCC[CH2][Sn]([CH2]CCC)([CH2]CCC)[c]1ccc(CCCCCCCCCCCCC(C)CC(=O)Oc2cc(F)c(F)c(F)c2F)cc1. The van der Waals surface area contributed by atoms with Crippen LogP contribution < -0.4 is 8.32 Å². The quantitative estimate of drug-likeness (QED) is 0.0181. The van der Waals surface area contributed by atoms with Crippen LogP contribution in [0.5, 0.6) is 5.75 Å². The van der Waals surface area contributed by atoms with E-state index < -0.39 is 53.4 Å². The second-order valence-corrected chi connectivity index (χ2v) is 27.2. The van der Waals surface area contributed by atoms with E-state index >= 15 is 0 Å². The molecule has 0 heterocycles. The van der Waals surface area contributed by atoms with E-state index in [4.69, 9.17) is 4.74 Å². The van der Waals surface area contributed by atoms with Crippen LogP contribution in [0.1, 0.15) is 149 Å². The standard InChI is InChI=1S/C28H35F4O2.3C4H9.Sn/c1-21(19-25(33)34-24-20-23(29)26(30)28(32)27(24)31)15-11-8-6-4-2-3-5-7-9-12-16-22-17-13-10-14-18-22;3*1-3-4-2;/h13-14,17-18,20-21H,2-9,11-12,15-16,19H2,1H3;3*1,3-4H2,2H3;. The number of unbranched alkanes of at least 4 members (excludes halogenated alkanes) is 12. The summed E-state index contributed by atoms with van der Waals surface area (Å²) in [5.74, 6) is -8.91. The number of hydrogen-bond acceptors (Lipinski definition) is 2. The molecule has 266 valence electrons. The predicted octanol–water partition coefficient (Wildman–Crippen LogP) is 12.8. The average molecular weight is 770 g/mol. The van der Waals surface area contributed by atoms with Crippen molar-refractivity contribution in [3.63, 3.8) is 0 Å². The molecule has 0 saturated carbocycles. The number of esters is 1. The van der Waals surface area contributed by atoms with Gasteiger partial charge in [0, 0.05) is 12.5 Å². The Morgan fingerprint density at radius 3 is 1.66 bits per heavy atom. The Bertz CT molecular complexity index is 1130. The zero-order valence-electron chi connectivity index (χ0n) is 29.8. The van der Waals surface area contributed by atoms with Crippen molar-refractivity contribution in [3.8, 4) is 5.75 Å². The van der Waals surface area contributed by atoms with Gasteiger partial charge in [-0.25, -0.2) is 13.2 Å². The number of carbonyl (C=O) groups is 1. The van der Waals surface area contributed by atoms with E-state index in [0.717, 1.165) is 25.7 Å². The molecule has 0 amide bonds. The van der Waals surface area contributed by atoms with Crippen LogP contribution in [0.2, 0.25) is 13.3 Å². The first-order valence-corrected chi connectivity index (χ1v) is 26.3. The van der Waals surface area contributed by atoms with Gasteiger partial charge in [-0.05, 0) is 5.92 Å². The summed E-state index contributed by atoms with van der Waals surface area (Å²) in [4.78, 5) is 12.1. The van der Waals surface area contributed by atoms with Gasteiger partial charge in [-0.2, -0.15) is 4.39 Å². The van der Waals surface area contributed by atoms with E-state index in [0.29, 0.717) is 6.07 Å². The van der Waals surface area contributed by atoms with Gasteiger partial charge in [0.15, 0.2) is 17.4 Å². The van der Waals surface area contributed by atoms with Crippen molar-refractivity contribution < 1.29 is 27.1 Å².